The van der Waals surface area contributed by atoms with Crippen LogP contribution < -0.4 is 29.6 Å². The first-order valence-corrected chi connectivity index (χ1v) is 35.1. The molecule has 0 aliphatic carbocycles. The largest absolute Gasteiger partial charge is 1.00 e. The number of benzene rings is 10. The predicted octanol–water partition coefficient (Wildman–Crippen LogP) is 15.2. The quantitative estimate of drug-likeness (QED) is 0.0470. The Morgan fingerprint density at radius 3 is 0.657 bits per heavy atom. The van der Waals surface area contributed by atoms with Crippen LogP contribution >= 0.6 is 0 Å². The van der Waals surface area contributed by atoms with Crippen molar-refractivity contribution in [3.05, 3.63) is 359 Å². The minimum Gasteiger partial charge on any atom is -1.00 e. The molecule has 0 saturated carbocycles. The second-order valence-corrected chi connectivity index (χ2v) is 23.3. The summed E-state index contributed by atoms with van der Waals surface area (Å²) in [6.45, 7) is 14.1. The van der Waals surface area contributed by atoms with Gasteiger partial charge >= 0.3 is 29.6 Å². The van der Waals surface area contributed by atoms with Crippen LogP contribution in [0.4, 0.5) is 0 Å². The summed E-state index contributed by atoms with van der Waals surface area (Å²) in [5.41, 5.74) is 10.8. The van der Waals surface area contributed by atoms with Crippen LogP contribution in [0.1, 0.15) is 104 Å². The second-order valence-electron chi connectivity index (χ2n) is 23.3. The van der Waals surface area contributed by atoms with Crippen LogP contribution in [0, 0.1) is 0 Å². The van der Waals surface area contributed by atoms with E-state index >= 15 is 0 Å². The van der Waals surface area contributed by atoms with Crippen molar-refractivity contribution in [2.24, 2.45) is 0 Å². The molecule has 2 heterocycles. The van der Waals surface area contributed by atoms with Crippen LogP contribution in [0.2, 0.25) is 0 Å². The van der Waals surface area contributed by atoms with E-state index in [9.17, 15) is 0 Å². The SMILES string of the molecule is CC.CC.CCO.COC.[B].[H-].[Na+].c1ccc(COC[C@H]2O[C@@H](c3ccccc3)[C@H](OCc3ccccc3)[C@@H](OCc3ccccc3)[C@@H]2OCc2ccccc2)cc1.c1ccc(COC[C@H]2O[C@@H](c3ccccc3)[C@H](OCc3ccccc3)[C@@H](OCc3ccccc3)[C@@H]2OCc2ccccc2)cc1. The van der Waals surface area contributed by atoms with E-state index in [0.29, 0.717) is 66.1 Å². The number of aliphatic hydroxyl groups excluding tert-OH is 1. The van der Waals surface area contributed by atoms with Crippen molar-refractivity contribution in [3.63, 3.8) is 0 Å². The molecule has 3 radical (unpaired) electrons. The zero-order valence-electron chi connectivity index (χ0n) is 61.9. The van der Waals surface area contributed by atoms with Gasteiger partial charge in [0.05, 0.1) is 66.1 Å². The summed E-state index contributed by atoms with van der Waals surface area (Å²) in [5.74, 6) is 0. The van der Waals surface area contributed by atoms with E-state index in [1.165, 1.54) is 0 Å². The molecule has 0 aromatic heterocycles. The molecule has 10 aromatic carbocycles. The van der Waals surface area contributed by atoms with Gasteiger partial charge in [-0.3, -0.25) is 0 Å². The molecule has 14 heteroatoms. The number of hydrogen-bond acceptors (Lipinski definition) is 12. The third-order valence-corrected chi connectivity index (χ3v) is 16.0. The van der Waals surface area contributed by atoms with Crippen molar-refractivity contribution in [2.75, 3.05) is 34.0 Å². The minimum absolute atomic E-state index is 0. The Balaban J connectivity index is 0.000000378. The molecule has 533 valence electrons. The molecule has 2 aliphatic heterocycles. The monoisotopic (exact) mass is 1390 g/mol. The fourth-order valence-corrected chi connectivity index (χ4v) is 11.4. The van der Waals surface area contributed by atoms with Crippen molar-refractivity contribution in [2.45, 2.75) is 149 Å². The van der Waals surface area contributed by atoms with E-state index in [2.05, 4.69) is 126 Å². The zero-order valence-corrected chi connectivity index (χ0v) is 62.9. The Bertz CT molecular complexity index is 3340. The van der Waals surface area contributed by atoms with Crippen LogP contribution in [0.3, 0.4) is 0 Å². The number of rotatable bonds is 28. The summed E-state index contributed by atoms with van der Waals surface area (Å²) < 4.78 is 71.4. The van der Waals surface area contributed by atoms with Crippen molar-refractivity contribution in [1.29, 1.82) is 0 Å². The van der Waals surface area contributed by atoms with E-state index in [0.717, 1.165) is 55.6 Å². The van der Waals surface area contributed by atoms with Crippen LogP contribution in [-0.2, 0) is 105 Å². The molecule has 0 spiro atoms. The van der Waals surface area contributed by atoms with E-state index in [4.69, 9.17) is 52.5 Å². The summed E-state index contributed by atoms with van der Waals surface area (Å²) in [6.07, 6.45) is -4.26. The Kier molecular flexibility index (Phi) is 43.4. The summed E-state index contributed by atoms with van der Waals surface area (Å²) in [4.78, 5) is 0. The Hall–Kier alpha value is -7.22. The molecule has 0 unspecified atom stereocenters. The van der Waals surface area contributed by atoms with Gasteiger partial charge in [-0.05, 0) is 62.6 Å². The van der Waals surface area contributed by atoms with Gasteiger partial charge in [0.2, 0.25) is 0 Å². The molecule has 0 bridgehead atoms. The van der Waals surface area contributed by atoms with Gasteiger partial charge in [-0.1, -0.05) is 331 Å². The predicted molar refractivity (Wildman–Crippen MR) is 406 cm³/mol. The third-order valence-electron chi connectivity index (χ3n) is 16.0. The van der Waals surface area contributed by atoms with E-state index in [1.807, 2.05) is 210 Å². The van der Waals surface area contributed by atoms with Gasteiger partial charge < -0.3 is 58.6 Å². The average Bonchev–Trinajstić information content (AvgIpc) is 0.783. The fourth-order valence-electron chi connectivity index (χ4n) is 11.4. The third kappa shape index (κ3) is 29.5. The van der Waals surface area contributed by atoms with Crippen molar-refractivity contribution in [3.8, 4) is 0 Å². The van der Waals surface area contributed by atoms with Crippen LogP contribution in [-0.4, -0.2) is 96.4 Å². The second kappa shape index (κ2) is 51.9. The topological polar surface area (TPSA) is 122 Å². The summed E-state index contributed by atoms with van der Waals surface area (Å²) in [7, 11) is 3.25. The van der Waals surface area contributed by atoms with Gasteiger partial charge in [0.1, 0.15) is 61.0 Å². The standard InChI is InChI=1S/2C40H40O5.2C2H6O.2C2H6.B.Na.H/c2*1-6-16-31(17-7-1)26-41-30-36-38(42-27-32-18-8-2-9-19-32)40(44-29-34-22-12-4-13-23-34)39(43-28-33-20-10-3-11-21-33)37(45-36)35-24-14-5-15-25-35;1-3-2;1-2-3;2*1-2;;;/h2*1-25,36-40H,26-30H2;1-2H3;3H,2H2,1H3;2*1-2H3;;;/q;;;;;;;+1;-1/t2*36-,37+,38-,39+,40+;;;;;;;/m11......./s1. The normalized spacial score (nSPS) is 19.3. The Labute approximate surface area is 633 Å². The molecule has 2 aliphatic rings. The van der Waals surface area contributed by atoms with Gasteiger partial charge in [0, 0.05) is 29.2 Å². The zero-order chi connectivity index (χ0) is 70.5. The van der Waals surface area contributed by atoms with Crippen LogP contribution in [0.5, 0.6) is 0 Å². The number of methoxy groups -OCH3 is 1. The number of ether oxygens (including phenoxy) is 11. The maximum atomic E-state index is 7.57. The molecule has 10 aromatic rings. The van der Waals surface area contributed by atoms with Crippen molar-refractivity contribution in [1.82, 2.24) is 0 Å². The molecule has 102 heavy (non-hydrogen) atoms. The summed E-state index contributed by atoms with van der Waals surface area (Å²) in [5, 5.41) is 7.57. The maximum absolute atomic E-state index is 7.57. The molecular formula is C88H105BNaO12. The van der Waals surface area contributed by atoms with E-state index in [-0.39, 0.29) is 46.0 Å². The van der Waals surface area contributed by atoms with Gasteiger partial charge in [0.15, 0.2) is 0 Å². The fraction of sp³-hybridized carbons (Fsp3) is 0.318. The Morgan fingerprint density at radius 2 is 0.451 bits per heavy atom. The molecule has 12 nitrogen and oxygen atoms in total. The first-order chi connectivity index (χ1) is 49.5. The molecule has 10 atom stereocenters. The smallest absolute Gasteiger partial charge is 1.00 e. The molecule has 1 N–H and O–H groups in total. The van der Waals surface area contributed by atoms with Gasteiger partial charge in [0.25, 0.3) is 0 Å². The van der Waals surface area contributed by atoms with Crippen molar-refractivity contribution >= 4 is 8.41 Å². The molecule has 12 rings (SSSR count). The van der Waals surface area contributed by atoms with Gasteiger partial charge in [-0.25, -0.2) is 0 Å². The summed E-state index contributed by atoms with van der Waals surface area (Å²) >= 11 is 0. The van der Waals surface area contributed by atoms with Crippen LogP contribution in [0.25, 0.3) is 0 Å². The molecule has 2 saturated heterocycles. The maximum Gasteiger partial charge on any atom is 1.00 e. The first-order valence-electron chi connectivity index (χ1n) is 35.1. The molecule has 0 amide bonds. The molecular weight excluding hydrogens is 1280 g/mol. The van der Waals surface area contributed by atoms with E-state index in [1.54, 1.807) is 21.1 Å². The minimum atomic E-state index is -0.453. The first kappa shape index (κ1) is 85.4. The summed E-state index contributed by atoms with van der Waals surface area (Å²) in [6, 6.07) is 102. The number of hydrogen-bond donors (Lipinski definition) is 1. The average molecular weight is 1390 g/mol. The van der Waals surface area contributed by atoms with Gasteiger partial charge in [-0.15, -0.1) is 0 Å². The van der Waals surface area contributed by atoms with Crippen molar-refractivity contribution < 1.29 is 88.2 Å². The van der Waals surface area contributed by atoms with E-state index < -0.39 is 61.0 Å². The van der Waals surface area contributed by atoms with Crippen LogP contribution in [0.15, 0.2) is 303 Å². The molecule has 2 fully saturated rings. The van der Waals surface area contributed by atoms with Gasteiger partial charge in [-0.2, -0.15) is 0 Å². The number of aliphatic hydroxyl groups is 1. The Morgan fingerprint density at radius 1 is 0.284 bits per heavy atom.